The normalized spacial score (nSPS) is 33.5. The molecule has 0 amide bonds. The van der Waals surface area contributed by atoms with Gasteiger partial charge in [0.05, 0.1) is 15.7 Å². The smallest absolute Gasteiger partial charge is 0.0627 e. The van der Waals surface area contributed by atoms with Crippen LogP contribution in [0.4, 0.5) is 0 Å². The molecule has 3 unspecified atom stereocenters. The molecule has 1 aliphatic rings. The van der Waals surface area contributed by atoms with Crippen LogP contribution >= 0.6 is 0 Å². The molecule has 76 valence electrons. The molecule has 0 bridgehead atoms. The van der Waals surface area contributed by atoms with E-state index < -0.39 is 5.21 Å². The van der Waals surface area contributed by atoms with E-state index >= 15 is 0 Å². The summed E-state index contributed by atoms with van der Waals surface area (Å²) < 4.78 is 0. The van der Waals surface area contributed by atoms with Crippen molar-refractivity contribution in [2.75, 3.05) is 0 Å². The highest BCUT2D eigenvalue weighted by molar-refractivity contribution is 6.40. The predicted octanol–water partition coefficient (Wildman–Crippen LogP) is 3.17. The third-order valence-electron chi connectivity index (χ3n) is 4.30. The average molecular weight is 188 g/mol. The van der Waals surface area contributed by atoms with Crippen LogP contribution in [0, 0.1) is 23.7 Å². The third kappa shape index (κ3) is 2.38. The van der Waals surface area contributed by atoms with Crippen LogP contribution in [0.3, 0.4) is 0 Å². The van der Waals surface area contributed by atoms with Crippen LogP contribution in [0.2, 0.25) is 5.21 Å². The quantitative estimate of drug-likeness (QED) is 0.596. The summed E-state index contributed by atoms with van der Waals surface area (Å²) in [5, 5.41) is -0.414. The van der Waals surface area contributed by atoms with Crippen LogP contribution in [-0.2, 0) is 0 Å². The lowest BCUT2D eigenvalue weighted by Gasteiger charge is -2.34. The van der Waals surface area contributed by atoms with Gasteiger partial charge in [-0.15, -0.1) is 0 Å². The molecular weight excluding hydrogens is 166 g/mol. The van der Waals surface area contributed by atoms with E-state index in [0.717, 1.165) is 11.8 Å². The average Bonchev–Trinajstić information content (AvgIpc) is 2.31. The fraction of sp³-hybridized carbons (Fsp3) is 1.00. The summed E-state index contributed by atoms with van der Waals surface area (Å²) in [5.74, 6) is 2.47. The maximum Gasteiger partial charge on any atom is 0.0627 e. The van der Waals surface area contributed by atoms with Gasteiger partial charge in [-0.3, -0.25) is 0 Å². The second-order valence-electron chi connectivity index (χ2n) is 5.63. The van der Waals surface area contributed by atoms with Crippen molar-refractivity contribution < 1.29 is 0 Å². The summed E-state index contributed by atoms with van der Waals surface area (Å²) in [6, 6.07) is 0. The Morgan fingerprint density at radius 3 is 2.14 bits per heavy atom. The van der Waals surface area contributed by atoms with Gasteiger partial charge < -0.3 is 0 Å². The van der Waals surface area contributed by atoms with Gasteiger partial charge in [0, 0.05) is 0 Å². The van der Waals surface area contributed by atoms with Crippen molar-refractivity contribution in [3.05, 3.63) is 0 Å². The van der Waals surface area contributed by atoms with Crippen LogP contribution in [-0.4, -0.2) is 15.7 Å². The van der Waals surface area contributed by atoms with Crippen LogP contribution in [0.5, 0.6) is 0 Å². The molecule has 0 aromatic carbocycles. The summed E-state index contributed by atoms with van der Waals surface area (Å²) in [6.07, 6.45) is 3.60. The minimum absolute atomic E-state index is 0.414. The lowest BCUT2D eigenvalue weighted by Crippen LogP contribution is -2.26. The van der Waals surface area contributed by atoms with Gasteiger partial charge in [0.25, 0.3) is 0 Å². The first-order chi connectivity index (χ1) is 6.35. The van der Waals surface area contributed by atoms with E-state index in [4.69, 9.17) is 15.7 Å². The highest BCUT2D eigenvalue weighted by Gasteiger charge is 2.39. The van der Waals surface area contributed by atoms with Gasteiger partial charge in [-0.05, 0) is 18.3 Å². The molecule has 1 rings (SSSR count). The van der Waals surface area contributed by atoms with E-state index in [1.165, 1.54) is 19.3 Å². The van der Waals surface area contributed by atoms with Gasteiger partial charge in [-0.2, -0.15) is 0 Å². The topological polar surface area (TPSA) is 0 Å². The zero-order valence-electron chi connectivity index (χ0n) is 10.1. The molecule has 3 atom stereocenters. The second kappa shape index (κ2) is 4.33. The zero-order valence-corrected chi connectivity index (χ0v) is 10.1. The van der Waals surface area contributed by atoms with Crippen LogP contribution in [0.1, 0.15) is 47.0 Å². The van der Waals surface area contributed by atoms with Gasteiger partial charge >= 0.3 is 0 Å². The zero-order chi connectivity index (χ0) is 10.9. The molecule has 0 nitrogen and oxygen atoms in total. The molecule has 14 heavy (non-hydrogen) atoms. The predicted molar refractivity (Wildman–Crippen MR) is 64.7 cm³/mol. The Hall–Kier alpha value is 0.130. The Balaban J connectivity index is 2.54. The number of hydrogen-bond acceptors (Lipinski definition) is 0. The minimum atomic E-state index is -0.414. The fourth-order valence-corrected chi connectivity index (χ4v) is 2.40. The van der Waals surface area contributed by atoms with E-state index in [1.807, 2.05) is 0 Å². The molecule has 0 N–H and O–H groups in total. The Bertz CT molecular complexity index is 187. The van der Waals surface area contributed by atoms with Gasteiger partial charge in [-0.1, -0.05) is 57.6 Å². The maximum atomic E-state index is 6.19. The third-order valence-corrected chi connectivity index (χ3v) is 4.30. The molecule has 0 heterocycles. The Morgan fingerprint density at radius 2 is 1.79 bits per heavy atom. The van der Waals surface area contributed by atoms with Crippen molar-refractivity contribution >= 4 is 15.7 Å². The first kappa shape index (κ1) is 12.2. The van der Waals surface area contributed by atoms with Crippen molar-refractivity contribution in [3.8, 4) is 0 Å². The van der Waals surface area contributed by atoms with Crippen molar-refractivity contribution in [2.24, 2.45) is 23.7 Å². The van der Waals surface area contributed by atoms with Gasteiger partial charge in [0.2, 0.25) is 0 Å². The summed E-state index contributed by atoms with van der Waals surface area (Å²) in [6.45, 7) is 9.04. The molecule has 2 heteroatoms. The van der Waals surface area contributed by atoms with Crippen LogP contribution < -0.4 is 0 Å². The van der Waals surface area contributed by atoms with E-state index in [1.54, 1.807) is 0 Å². The summed E-state index contributed by atoms with van der Waals surface area (Å²) in [4.78, 5) is 0. The first-order valence-electron chi connectivity index (χ1n) is 5.93. The Labute approximate surface area is 92.1 Å². The summed E-state index contributed by atoms with van der Waals surface area (Å²) in [5.41, 5.74) is 0. The Kier molecular flexibility index (Phi) is 3.77. The van der Waals surface area contributed by atoms with Crippen molar-refractivity contribution in [2.45, 2.75) is 52.2 Å². The van der Waals surface area contributed by atoms with Crippen molar-refractivity contribution in [1.82, 2.24) is 0 Å². The lowest BCUT2D eigenvalue weighted by atomic mass is 9.45. The maximum absolute atomic E-state index is 6.19. The highest BCUT2D eigenvalue weighted by atomic mass is 14.4. The molecule has 0 aromatic heterocycles. The monoisotopic (exact) mass is 188 g/mol. The first-order valence-corrected chi connectivity index (χ1v) is 5.93. The lowest BCUT2D eigenvalue weighted by molar-refractivity contribution is 0.305. The van der Waals surface area contributed by atoms with E-state index in [2.05, 4.69) is 27.7 Å². The molecule has 0 aliphatic heterocycles. The van der Waals surface area contributed by atoms with Crippen molar-refractivity contribution in [1.29, 1.82) is 0 Å². The van der Waals surface area contributed by atoms with Crippen LogP contribution in [0.15, 0.2) is 0 Å². The van der Waals surface area contributed by atoms with Gasteiger partial charge in [0.1, 0.15) is 0 Å². The highest BCUT2D eigenvalue weighted by Crippen LogP contribution is 2.51. The minimum Gasteiger partial charge on any atom is -0.0938 e. The molecule has 1 aliphatic carbocycles. The van der Waals surface area contributed by atoms with Crippen LogP contribution in [0.25, 0.3) is 0 Å². The Morgan fingerprint density at radius 1 is 1.21 bits per heavy atom. The van der Waals surface area contributed by atoms with Gasteiger partial charge in [0.15, 0.2) is 0 Å². The number of hydrogen-bond donors (Lipinski definition) is 0. The summed E-state index contributed by atoms with van der Waals surface area (Å²) in [7, 11) is 12.4. The fourth-order valence-electron chi connectivity index (χ4n) is 2.40. The molecule has 0 aromatic rings. The molecule has 0 saturated heterocycles. The second-order valence-corrected chi connectivity index (χ2v) is 5.63. The van der Waals surface area contributed by atoms with E-state index in [0.29, 0.717) is 11.8 Å². The van der Waals surface area contributed by atoms with Crippen molar-refractivity contribution in [3.63, 3.8) is 0 Å². The van der Waals surface area contributed by atoms with Gasteiger partial charge in [-0.25, -0.2) is 0 Å². The van der Waals surface area contributed by atoms with E-state index in [-0.39, 0.29) is 0 Å². The SMILES string of the molecule is [B]C1([B])C(C)CCC1CC(C)C(C)C. The molecule has 1 fully saturated rings. The summed E-state index contributed by atoms with van der Waals surface area (Å²) >= 11 is 0. The molecular formula is C12H22B2. The largest absolute Gasteiger partial charge is 0.0938 e. The molecule has 4 radical (unpaired) electrons. The van der Waals surface area contributed by atoms with E-state index in [9.17, 15) is 0 Å². The molecule has 1 saturated carbocycles. The number of rotatable bonds is 3. The molecule has 0 spiro atoms. The standard InChI is InChI=1S/C12H22B2/c1-8(2)9(3)7-11-6-5-10(4)12(11,13)14/h8-11H,5-7H2,1-4H3.